The highest BCUT2D eigenvalue weighted by Gasteiger charge is 2.21. The van der Waals surface area contributed by atoms with Crippen LogP contribution in [0.3, 0.4) is 0 Å². The minimum Gasteiger partial charge on any atom is -0.326 e. The molecule has 0 fully saturated rings. The summed E-state index contributed by atoms with van der Waals surface area (Å²) in [5.74, 6) is -0.262. The predicted molar refractivity (Wildman–Crippen MR) is 133 cm³/mol. The van der Waals surface area contributed by atoms with Crippen LogP contribution < -0.4 is 9.62 Å². The number of thiazole rings is 1. The molecule has 0 bridgehead atoms. The molecule has 4 rings (SSSR count). The van der Waals surface area contributed by atoms with Crippen LogP contribution in [0.15, 0.2) is 89.1 Å². The topological polar surface area (TPSA) is 79.4 Å². The Bertz CT molecular complexity index is 1370. The Balaban J connectivity index is 1.45. The summed E-state index contributed by atoms with van der Waals surface area (Å²) < 4.78 is 27.3. The standard InChI is InChI=1S/C25H23N3O3S2/c1-18-11-13-19(14-12-18)25-27-21(17-32-25)16-24(29)26-20-7-6-10-23(15-20)33(30,31)28(2)22-8-4-3-5-9-22/h3-15,17H,16H2,1-2H3,(H,26,29). The van der Waals surface area contributed by atoms with E-state index >= 15 is 0 Å². The Labute approximate surface area is 197 Å². The monoisotopic (exact) mass is 477 g/mol. The maximum absolute atomic E-state index is 13.0. The van der Waals surface area contributed by atoms with Gasteiger partial charge < -0.3 is 5.32 Å². The molecule has 8 heteroatoms. The molecule has 4 aromatic rings. The molecule has 33 heavy (non-hydrogen) atoms. The molecule has 0 saturated heterocycles. The molecule has 1 amide bonds. The number of nitrogens with one attached hydrogen (secondary N) is 1. The van der Waals surface area contributed by atoms with E-state index in [0.717, 1.165) is 10.6 Å². The molecule has 1 aromatic heterocycles. The van der Waals surface area contributed by atoms with Crippen molar-refractivity contribution >= 4 is 38.6 Å². The van der Waals surface area contributed by atoms with Crippen LogP contribution in [0.4, 0.5) is 11.4 Å². The number of para-hydroxylation sites is 1. The van der Waals surface area contributed by atoms with Crippen LogP contribution >= 0.6 is 11.3 Å². The summed E-state index contributed by atoms with van der Waals surface area (Å²) in [5, 5.41) is 5.50. The number of aryl methyl sites for hydroxylation is 1. The van der Waals surface area contributed by atoms with Gasteiger partial charge in [-0.2, -0.15) is 0 Å². The van der Waals surface area contributed by atoms with Crippen LogP contribution in [0, 0.1) is 6.92 Å². The van der Waals surface area contributed by atoms with Crippen LogP contribution in [0.2, 0.25) is 0 Å². The first-order valence-corrected chi connectivity index (χ1v) is 12.6. The predicted octanol–water partition coefficient (Wildman–Crippen LogP) is 5.12. The molecule has 0 radical (unpaired) electrons. The molecule has 1 heterocycles. The fraction of sp³-hybridized carbons (Fsp3) is 0.120. The number of carbonyl (C=O) groups is 1. The minimum atomic E-state index is -3.77. The van der Waals surface area contributed by atoms with Crippen molar-refractivity contribution in [1.29, 1.82) is 0 Å². The van der Waals surface area contributed by atoms with Crippen molar-refractivity contribution in [3.8, 4) is 10.6 Å². The van der Waals surface area contributed by atoms with Gasteiger partial charge in [-0.15, -0.1) is 11.3 Å². The fourth-order valence-electron chi connectivity index (χ4n) is 3.26. The first kappa shape index (κ1) is 22.7. The SMILES string of the molecule is Cc1ccc(-c2nc(CC(=O)Nc3cccc(S(=O)(=O)N(C)c4ccccc4)c3)cs2)cc1. The van der Waals surface area contributed by atoms with Crippen molar-refractivity contribution in [3.63, 3.8) is 0 Å². The summed E-state index contributed by atoms with van der Waals surface area (Å²) >= 11 is 1.49. The Kier molecular flexibility index (Phi) is 6.57. The highest BCUT2D eigenvalue weighted by molar-refractivity contribution is 7.92. The summed E-state index contributed by atoms with van der Waals surface area (Å²) in [7, 11) is -2.26. The van der Waals surface area contributed by atoms with Crippen LogP contribution in [0.25, 0.3) is 10.6 Å². The molecule has 0 spiro atoms. The number of aromatic nitrogens is 1. The van der Waals surface area contributed by atoms with Gasteiger partial charge >= 0.3 is 0 Å². The van der Waals surface area contributed by atoms with E-state index in [-0.39, 0.29) is 17.2 Å². The molecule has 1 N–H and O–H groups in total. The average Bonchev–Trinajstić information content (AvgIpc) is 3.28. The molecule has 0 atom stereocenters. The first-order chi connectivity index (χ1) is 15.8. The van der Waals surface area contributed by atoms with Gasteiger partial charge in [-0.1, -0.05) is 54.1 Å². The zero-order valence-corrected chi connectivity index (χ0v) is 19.9. The molecular weight excluding hydrogens is 454 g/mol. The van der Waals surface area contributed by atoms with Crippen molar-refractivity contribution in [3.05, 3.63) is 95.5 Å². The maximum atomic E-state index is 13.0. The molecule has 3 aromatic carbocycles. The number of rotatable bonds is 7. The smallest absolute Gasteiger partial charge is 0.264 e. The number of hydrogen-bond donors (Lipinski definition) is 1. The Morgan fingerprint density at radius 2 is 1.73 bits per heavy atom. The first-order valence-electron chi connectivity index (χ1n) is 10.3. The molecule has 0 unspecified atom stereocenters. The quantitative estimate of drug-likeness (QED) is 0.400. The van der Waals surface area contributed by atoms with Gasteiger partial charge in [0.05, 0.1) is 22.7 Å². The third kappa shape index (κ3) is 5.30. The summed E-state index contributed by atoms with van der Waals surface area (Å²) in [4.78, 5) is 17.2. The molecule has 0 saturated carbocycles. The highest BCUT2D eigenvalue weighted by Crippen LogP contribution is 2.25. The second-order valence-corrected chi connectivity index (χ2v) is 10.4. The summed E-state index contributed by atoms with van der Waals surface area (Å²) in [6, 6.07) is 23.2. The van der Waals surface area contributed by atoms with E-state index in [4.69, 9.17) is 0 Å². The molecule has 0 aliphatic rings. The zero-order valence-electron chi connectivity index (χ0n) is 18.2. The molecule has 0 aliphatic heterocycles. The molecular formula is C25H23N3O3S2. The van der Waals surface area contributed by atoms with Crippen molar-refractivity contribution < 1.29 is 13.2 Å². The van der Waals surface area contributed by atoms with Gasteiger partial charge in [-0.25, -0.2) is 13.4 Å². The normalized spacial score (nSPS) is 11.2. The summed E-state index contributed by atoms with van der Waals surface area (Å²) in [5.41, 5.74) is 3.82. The lowest BCUT2D eigenvalue weighted by Crippen LogP contribution is -2.26. The number of carbonyl (C=O) groups excluding carboxylic acids is 1. The lowest BCUT2D eigenvalue weighted by Gasteiger charge is -2.19. The van der Waals surface area contributed by atoms with E-state index in [9.17, 15) is 13.2 Å². The van der Waals surface area contributed by atoms with Gasteiger partial charge in [0.15, 0.2) is 0 Å². The average molecular weight is 478 g/mol. The summed E-state index contributed by atoms with van der Waals surface area (Å²) in [6.45, 7) is 2.03. The van der Waals surface area contributed by atoms with Crippen LogP contribution in [-0.4, -0.2) is 26.4 Å². The van der Waals surface area contributed by atoms with Gasteiger partial charge in [-0.3, -0.25) is 9.10 Å². The maximum Gasteiger partial charge on any atom is 0.264 e. The van der Waals surface area contributed by atoms with Gasteiger partial charge in [0.2, 0.25) is 5.91 Å². The van der Waals surface area contributed by atoms with E-state index in [1.165, 1.54) is 40.4 Å². The molecule has 6 nitrogen and oxygen atoms in total. The van der Waals surface area contributed by atoms with Crippen molar-refractivity contribution in [2.24, 2.45) is 0 Å². The van der Waals surface area contributed by atoms with Crippen molar-refractivity contribution in [2.75, 3.05) is 16.7 Å². The van der Waals surface area contributed by atoms with Crippen LogP contribution in [0.1, 0.15) is 11.3 Å². The third-order valence-corrected chi connectivity index (χ3v) is 7.81. The molecule has 0 aliphatic carbocycles. The number of anilines is 2. The van der Waals surface area contributed by atoms with Gasteiger partial charge in [-0.05, 0) is 37.3 Å². The Morgan fingerprint density at radius 3 is 2.45 bits per heavy atom. The highest BCUT2D eigenvalue weighted by atomic mass is 32.2. The van der Waals surface area contributed by atoms with Crippen LogP contribution in [-0.2, 0) is 21.2 Å². The number of benzene rings is 3. The van der Waals surface area contributed by atoms with E-state index in [2.05, 4.69) is 10.3 Å². The minimum absolute atomic E-state index is 0.0990. The fourth-order valence-corrected chi connectivity index (χ4v) is 5.32. The Hall–Kier alpha value is -3.49. The number of amides is 1. The number of nitrogens with zero attached hydrogens (tertiary/aromatic N) is 2. The molecule has 168 valence electrons. The Morgan fingerprint density at radius 1 is 1.00 bits per heavy atom. The largest absolute Gasteiger partial charge is 0.326 e. The van der Waals surface area contributed by atoms with Gasteiger partial charge in [0.25, 0.3) is 10.0 Å². The number of hydrogen-bond acceptors (Lipinski definition) is 5. The van der Waals surface area contributed by atoms with E-state index < -0.39 is 10.0 Å². The summed E-state index contributed by atoms with van der Waals surface area (Å²) in [6.07, 6.45) is 0.100. The van der Waals surface area contributed by atoms with Crippen LogP contribution in [0.5, 0.6) is 0 Å². The third-order valence-electron chi connectivity index (χ3n) is 5.09. The van der Waals surface area contributed by atoms with Crippen molar-refractivity contribution in [2.45, 2.75) is 18.2 Å². The lowest BCUT2D eigenvalue weighted by molar-refractivity contribution is -0.115. The van der Waals surface area contributed by atoms with E-state index in [1.54, 1.807) is 36.4 Å². The van der Waals surface area contributed by atoms with Gasteiger partial charge in [0.1, 0.15) is 5.01 Å². The number of sulfonamides is 1. The van der Waals surface area contributed by atoms with Gasteiger partial charge in [0, 0.05) is 23.7 Å². The van der Waals surface area contributed by atoms with E-state index in [0.29, 0.717) is 17.1 Å². The second-order valence-electron chi connectivity index (χ2n) is 7.57. The van der Waals surface area contributed by atoms with E-state index in [1.807, 2.05) is 42.6 Å². The second kappa shape index (κ2) is 9.56. The lowest BCUT2D eigenvalue weighted by atomic mass is 10.2. The van der Waals surface area contributed by atoms with Crippen molar-refractivity contribution in [1.82, 2.24) is 4.98 Å². The zero-order chi connectivity index (χ0) is 23.4.